The van der Waals surface area contributed by atoms with Crippen molar-refractivity contribution >= 4 is 0 Å². The lowest BCUT2D eigenvalue weighted by atomic mass is 10.4. The maximum absolute atomic E-state index is 2.86. The van der Waals surface area contributed by atoms with Crippen molar-refractivity contribution in [2.45, 2.75) is 19.3 Å². The summed E-state index contributed by atoms with van der Waals surface area (Å²) in [5.41, 5.74) is 0. The number of aromatic nitrogens is 1. The highest BCUT2D eigenvalue weighted by Gasteiger charge is 1.84. The molecule has 0 atom stereocenters. The Bertz CT molecular complexity index is 140. The summed E-state index contributed by atoms with van der Waals surface area (Å²) in [6.45, 7) is 0. The minimum Gasteiger partial charge on any atom is -0.368 e. The third-order valence-electron chi connectivity index (χ3n) is 1.40. The standard InChI is InChI=1S/C5H8.C4H5N/c2*1-2-4-5-3-1/h1-2H,3-5H2;1-5H. The van der Waals surface area contributed by atoms with Gasteiger partial charge in [-0.05, 0) is 31.4 Å². The van der Waals surface area contributed by atoms with Gasteiger partial charge in [0.2, 0.25) is 0 Å². The van der Waals surface area contributed by atoms with E-state index in [9.17, 15) is 0 Å². The predicted molar refractivity (Wildman–Crippen MR) is 43.8 cm³/mol. The van der Waals surface area contributed by atoms with Crippen molar-refractivity contribution in [2.75, 3.05) is 0 Å². The van der Waals surface area contributed by atoms with Crippen LogP contribution in [0.25, 0.3) is 0 Å². The van der Waals surface area contributed by atoms with Gasteiger partial charge in [0.15, 0.2) is 0 Å². The number of allylic oxidation sites excluding steroid dienone is 2. The van der Waals surface area contributed by atoms with Gasteiger partial charge in [0, 0.05) is 12.4 Å². The molecule has 0 amide bonds. The average molecular weight is 135 g/mol. The first kappa shape index (κ1) is 7.13. The van der Waals surface area contributed by atoms with E-state index in [1.54, 1.807) is 0 Å². The van der Waals surface area contributed by atoms with Crippen LogP contribution in [0.3, 0.4) is 0 Å². The molecule has 0 radical (unpaired) electrons. The van der Waals surface area contributed by atoms with Crippen molar-refractivity contribution < 1.29 is 0 Å². The predicted octanol–water partition coefficient (Wildman–Crippen LogP) is 2.74. The van der Waals surface area contributed by atoms with Gasteiger partial charge in [-0.15, -0.1) is 0 Å². The van der Waals surface area contributed by atoms with Gasteiger partial charge in [-0.3, -0.25) is 0 Å². The van der Waals surface area contributed by atoms with E-state index in [0.717, 1.165) is 0 Å². The first-order valence-corrected chi connectivity index (χ1v) is 3.73. The van der Waals surface area contributed by atoms with Crippen molar-refractivity contribution in [1.82, 2.24) is 4.98 Å². The third-order valence-corrected chi connectivity index (χ3v) is 1.40. The summed E-state index contributed by atoms with van der Waals surface area (Å²) in [5.74, 6) is 0. The molecular weight excluding hydrogens is 122 g/mol. The summed E-state index contributed by atoms with van der Waals surface area (Å²) in [6, 6.07) is 3.89. The first-order chi connectivity index (χ1) is 5.00. The van der Waals surface area contributed by atoms with Crippen LogP contribution in [0.4, 0.5) is 0 Å². The van der Waals surface area contributed by atoms with Crippen LogP contribution in [0.15, 0.2) is 36.7 Å². The molecule has 1 heteroatoms. The van der Waals surface area contributed by atoms with Crippen molar-refractivity contribution in [2.24, 2.45) is 0 Å². The SMILES string of the molecule is C1=CCCC1.c1cc[nH]c1. The topological polar surface area (TPSA) is 15.8 Å². The second-order valence-electron chi connectivity index (χ2n) is 2.29. The molecule has 1 aliphatic carbocycles. The zero-order chi connectivity index (χ0) is 7.07. The van der Waals surface area contributed by atoms with Crippen LogP contribution >= 0.6 is 0 Å². The van der Waals surface area contributed by atoms with Crippen LogP contribution in [-0.4, -0.2) is 4.98 Å². The van der Waals surface area contributed by atoms with Gasteiger partial charge in [0.25, 0.3) is 0 Å². The van der Waals surface area contributed by atoms with Crippen molar-refractivity contribution in [3.05, 3.63) is 36.7 Å². The average Bonchev–Trinajstić information content (AvgIpc) is 2.67. The van der Waals surface area contributed by atoms with Crippen LogP contribution < -0.4 is 0 Å². The van der Waals surface area contributed by atoms with Crippen LogP contribution in [0.2, 0.25) is 0 Å². The van der Waals surface area contributed by atoms with Gasteiger partial charge in [0.05, 0.1) is 0 Å². The zero-order valence-electron chi connectivity index (χ0n) is 6.09. The van der Waals surface area contributed by atoms with Crippen LogP contribution in [0, 0.1) is 0 Å². The summed E-state index contributed by atoms with van der Waals surface area (Å²) in [4.78, 5) is 2.86. The highest BCUT2D eigenvalue weighted by atomic mass is 14.6. The Morgan fingerprint density at radius 1 is 0.900 bits per heavy atom. The lowest BCUT2D eigenvalue weighted by Gasteiger charge is -1.69. The van der Waals surface area contributed by atoms with E-state index in [1.807, 2.05) is 24.5 Å². The maximum Gasteiger partial charge on any atom is 0.000496 e. The van der Waals surface area contributed by atoms with Gasteiger partial charge in [0.1, 0.15) is 0 Å². The molecule has 0 unspecified atom stereocenters. The molecule has 0 aliphatic heterocycles. The molecule has 0 saturated carbocycles. The lowest BCUT2D eigenvalue weighted by molar-refractivity contribution is 0.929. The molecule has 0 bridgehead atoms. The minimum atomic E-state index is 1.32. The maximum atomic E-state index is 2.86. The highest BCUT2D eigenvalue weighted by molar-refractivity contribution is 4.88. The molecule has 0 saturated heterocycles. The van der Waals surface area contributed by atoms with E-state index in [-0.39, 0.29) is 0 Å². The van der Waals surface area contributed by atoms with E-state index in [2.05, 4.69) is 17.1 Å². The van der Waals surface area contributed by atoms with Gasteiger partial charge >= 0.3 is 0 Å². The summed E-state index contributed by atoms with van der Waals surface area (Å²) in [7, 11) is 0. The molecule has 1 N–H and O–H groups in total. The van der Waals surface area contributed by atoms with Gasteiger partial charge in [-0.2, -0.15) is 0 Å². The van der Waals surface area contributed by atoms with Crippen molar-refractivity contribution in [3.8, 4) is 0 Å². The van der Waals surface area contributed by atoms with E-state index in [0.29, 0.717) is 0 Å². The fraction of sp³-hybridized carbons (Fsp3) is 0.333. The monoisotopic (exact) mass is 135 g/mol. The lowest BCUT2D eigenvalue weighted by Crippen LogP contribution is -1.50. The number of hydrogen-bond acceptors (Lipinski definition) is 0. The molecule has 1 aromatic heterocycles. The Labute approximate surface area is 61.8 Å². The highest BCUT2D eigenvalue weighted by Crippen LogP contribution is 2.05. The molecule has 2 rings (SSSR count). The molecule has 1 heterocycles. The van der Waals surface area contributed by atoms with Crippen LogP contribution in [0.1, 0.15) is 19.3 Å². The summed E-state index contributed by atoms with van der Waals surface area (Å²) in [6.07, 6.45) is 12.2. The molecule has 1 aliphatic rings. The van der Waals surface area contributed by atoms with E-state index in [4.69, 9.17) is 0 Å². The largest absolute Gasteiger partial charge is 0.368 e. The summed E-state index contributed by atoms with van der Waals surface area (Å²) in [5, 5.41) is 0. The fourth-order valence-electron chi connectivity index (χ4n) is 0.867. The number of aromatic amines is 1. The zero-order valence-corrected chi connectivity index (χ0v) is 6.09. The third kappa shape index (κ3) is 3.13. The molecule has 0 spiro atoms. The normalized spacial score (nSPS) is 14.4. The Kier molecular flexibility index (Phi) is 3.46. The van der Waals surface area contributed by atoms with Gasteiger partial charge in [-0.25, -0.2) is 0 Å². The molecule has 0 aromatic carbocycles. The van der Waals surface area contributed by atoms with E-state index < -0.39 is 0 Å². The summed E-state index contributed by atoms with van der Waals surface area (Å²) >= 11 is 0. The Hall–Kier alpha value is -0.980. The second kappa shape index (κ2) is 4.86. The molecule has 1 aromatic rings. The number of hydrogen-bond donors (Lipinski definition) is 1. The molecule has 10 heavy (non-hydrogen) atoms. The minimum absolute atomic E-state index is 1.32. The summed E-state index contributed by atoms with van der Waals surface area (Å²) < 4.78 is 0. The number of nitrogens with one attached hydrogen (secondary N) is 1. The van der Waals surface area contributed by atoms with E-state index in [1.165, 1.54) is 19.3 Å². The molecule has 54 valence electrons. The first-order valence-electron chi connectivity index (χ1n) is 3.73. The number of H-pyrrole nitrogens is 1. The molecular formula is C9H13N. The quantitative estimate of drug-likeness (QED) is 0.526. The smallest absolute Gasteiger partial charge is 0.000496 e. The Morgan fingerprint density at radius 3 is 1.70 bits per heavy atom. The second-order valence-corrected chi connectivity index (χ2v) is 2.29. The molecule has 1 nitrogen and oxygen atoms in total. The van der Waals surface area contributed by atoms with Crippen molar-refractivity contribution in [1.29, 1.82) is 0 Å². The van der Waals surface area contributed by atoms with E-state index >= 15 is 0 Å². The van der Waals surface area contributed by atoms with Gasteiger partial charge in [-0.1, -0.05) is 12.2 Å². The fourth-order valence-corrected chi connectivity index (χ4v) is 0.867. The molecule has 0 fully saturated rings. The van der Waals surface area contributed by atoms with Gasteiger partial charge < -0.3 is 4.98 Å². The Morgan fingerprint density at radius 2 is 1.50 bits per heavy atom. The Balaban J connectivity index is 0.0000001000. The van der Waals surface area contributed by atoms with Crippen LogP contribution in [0.5, 0.6) is 0 Å². The van der Waals surface area contributed by atoms with Crippen LogP contribution in [-0.2, 0) is 0 Å². The number of rotatable bonds is 0. The van der Waals surface area contributed by atoms with Crippen molar-refractivity contribution in [3.63, 3.8) is 0 Å².